The lowest BCUT2D eigenvalue weighted by atomic mass is 10.2. The van der Waals surface area contributed by atoms with Gasteiger partial charge in [-0.25, -0.2) is 14.0 Å². The Morgan fingerprint density at radius 2 is 1.62 bits per heavy atom. The summed E-state index contributed by atoms with van der Waals surface area (Å²) < 4.78 is 18.0. The van der Waals surface area contributed by atoms with E-state index >= 15 is 0 Å². The number of carbonyl (C=O) groups excluding carboxylic acids is 3. The number of halogens is 1. The first-order chi connectivity index (χ1) is 11.6. The molecule has 2 N–H and O–H groups in total. The van der Waals surface area contributed by atoms with Crippen molar-refractivity contribution in [1.29, 1.82) is 0 Å². The third kappa shape index (κ3) is 5.20. The minimum absolute atomic E-state index is 0.245. The zero-order valence-corrected chi connectivity index (χ0v) is 12.6. The Labute approximate surface area is 137 Å². The molecule has 0 spiro atoms. The molecule has 0 saturated heterocycles. The van der Waals surface area contributed by atoms with Gasteiger partial charge in [-0.1, -0.05) is 42.5 Å². The number of ether oxygens (including phenoxy) is 1. The summed E-state index contributed by atoms with van der Waals surface area (Å²) in [6.45, 7) is -0.444. The van der Waals surface area contributed by atoms with E-state index in [0.717, 1.165) is 11.6 Å². The monoisotopic (exact) mass is 330 g/mol. The normalized spacial score (nSPS) is 9.88. The van der Waals surface area contributed by atoms with Crippen molar-refractivity contribution in [3.05, 3.63) is 71.5 Å². The highest BCUT2D eigenvalue weighted by molar-refractivity contribution is 5.97. The van der Waals surface area contributed by atoms with Crippen LogP contribution in [0.15, 0.2) is 54.6 Å². The second kappa shape index (κ2) is 8.42. The first-order valence-electron chi connectivity index (χ1n) is 7.09. The molecule has 0 aromatic heterocycles. The Morgan fingerprint density at radius 3 is 2.33 bits per heavy atom. The Kier molecular flexibility index (Phi) is 6.01. The average molecular weight is 330 g/mol. The Morgan fingerprint density at radius 1 is 0.958 bits per heavy atom. The van der Waals surface area contributed by atoms with Gasteiger partial charge in [-0.2, -0.15) is 0 Å². The predicted molar refractivity (Wildman–Crippen MR) is 83.5 cm³/mol. The third-order valence-corrected chi connectivity index (χ3v) is 2.98. The fraction of sp³-hybridized carbons (Fsp3) is 0.118. The van der Waals surface area contributed by atoms with Gasteiger partial charge in [0.05, 0.1) is 5.56 Å². The maximum atomic E-state index is 13.4. The number of esters is 1. The van der Waals surface area contributed by atoms with Gasteiger partial charge in [-0.3, -0.25) is 10.1 Å². The number of rotatable bonds is 5. The zero-order valence-electron chi connectivity index (χ0n) is 12.6. The van der Waals surface area contributed by atoms with Gasteiger partial charge in [-0.05, 0) is 17.7 Å². The first-order valence-corrected chi connectivity index (χ1v) is 7.09. The molecule has 0 atom stereocenters. The van der Waals surface area contributed by atoms with Gasteiger partial charge in [-0.15, -0.1) is 0 Å². The van der Waals surface area contributed by atoms with Crippen molar-refractivity contribution in [1.82, 2.24) is 10.6 Å². The lowest BCUT2D eigenvalue weighted by molar-refractivity contribution is -0.123. The molecule has 0 heterocycles. The van der Waals surface area contributed by atoms with Gasteiger partial charge in [0.25, 0.3) is 5.91 Å². The van der Waals surface area contributed by atoms with Gasteiger partial charge >= 0.3 is 12.0 Å². The van der Waals surface area contributed by atoms with Crippen LogP contribution in [0.4, 0.5) is 9.18 Å². The number of amides is 3. The number of benzene rings is 2. The van der Waals surface area contributed by atoms with Gasteiger partial charge in [0.2, 0.25) is 0 Å². The van der Waals surface area contributed by atoms with E-state index in [0.29, 0.717) is 0 Å². The standard InChI is InChI=1S/C17H15FN2O4/c18-14-9-5-4-8-13(14)16(22)24-11-15(21)20-17(23)19-10-12-6-2-1-3-7-12/h1-9H,10-11H2,(H2,19,20,21,23). The van der Waals surface area contributed by atoms with E-state index in [9.17, 15) is 18.8 Å². The minimum atomic E-state index is -0.979. The van der Waals surface area contributed by atoms with Crippen molar-refractivity contribution in [3.63, 3.8) is 0 Å². The number of nitrogens with one attached hydrogen (secondary N) is 2. The molecule has 0 saturated carbocycles. The summed E-state index contributed by atoms with van der Waals surface area (Å²) in [5, 5.41) is 4.50. The van der Waals surface area contributed by atoms with Crippen molar-refractivity contribution < 1.29 is 23.5 Å². The zero-order chi connectivity index (χ0) is 17.4. The molecular weight excluding hydrogens is 315 g/mol. The summed E-state index contributed by atoms with van der Waals surface area (Å²) in [6, 6.07) is 13.6. The number of hydrogen-bond acceptors (Lipinski definition) is 4. The van der Waals surface area contributed by atoms with E-state index in [1.165, 1.54) is 18.2 Å². The molecule has 0 aliphatic heterocycles. The van der Waals surface area contributed by atoms with E-state index < -0.39 is 30.3 Å². The highest BCUT2D eigenvalue weighted by atomic mass is 19.1. The quantitative estimate of drug-likeness (QED) is 0.821. The molecule has 24 heavy (non-hydrogen) atoms. The largest absolute Gasteiger partial charge is 0.452 e. The highest BCUT2D eigenvalue weighted by Gasteiger charge is 2.15. The van der Waals surface area contributed by atoms with Crippen LogP contribution in [-0.2, 0) is 16.1 Å². The molecule has 0 aliphatic carbocycles. The summed E-state index contributed by atoms with van der Waals surface area (Å²) in [5.74, 6) is -2.54. The molecule has 2 aromatic carbocycles. The van der Waals surface area contributed by atoms with Gasteiger partial charge in [0.1, 0.15) is 5.82 Å². The first kappa shape index (κ1) is 17.1. The van der Waals surface area contributed by atoms with Crippen LogP contribution in [0.1, 0.15) is 15.9 Å². The SMILES string of the molecule is O=C(COC(=O)c1ccccc1F)NC(=O)NCc1ccccc1. The summed E-state index contributed by atoms with van der Waals surface area (Å²) in [4.78, 5) is 34.7. The smallest absolute Gasteiger partial charge is 0.341 e. The van der Waals surface area contributed by atoms with Crippen molar-refractivity contribution in [2.45, 2.75) is 6.54 Å². The second-order valence-electron chi connectivity index (χ2n) is 4.77. The summed E-state index contributed by atoms with van der Waals surface area (Å²) in [5.41, 5.74) is 0.588. The molecule has 3 amide bonds. The summed E-state index contributed by atoms with van der Waals surface area (Å²) >= 11 is 0. The van der Waals surface area contributed by atoms with Crippen LogP contribution in [0.2, 0.25) is 0 Å². The van der Waals surface area contributed by atoms with Gasteiger partial charge in [0, 0.05) is 6.54 Å². The molecule has 0 radical (unpaired) electrons. The molecule has 0 unspecified atom stereocenters. The fourth-order valence-electron chi connectivity index (χ4n) is 1.82. The van der Waals surface area contributed by atoms with Crippen LogP contribution in [0.5, 0.6) is 0 Å². The Hall–Kier alpha value is -3.22. The molecule has 124 valence electrons. The maximum absolute atomic E-state index is 13.4. The van der Waals surface area contributed by atoms with E-state index in [2.05, 4.69) is 10.1 Å². The predicted octanol–water partition coefficient (Wildman–Crippen LogP) is 2.01. The second-order valence-corrected chi connectivity index (χ2v) is 4.77. The topological polar surface area (TPSA) is 84.5 Å². The lowest BCUT2D eigenvalue weighted by Crippen LogP contribution is -2.41. The van der Waals surface area contributed by atoms with E-state index in [-0.39, 0.29) is 12.1 Å². The van der Waals surface area contributed by atoms with E-state index in [1.54, 1.807) is 0 Å². The van der Waals surface area contributed by atoms with Gasteiger partial charge < -0.3 is 10.1 Å². The highest BCUT2D eigenvalue weighted by Crippen LogP contribution is 2.07. The number of carbonyl (C=O) groups is 3. The molecule has 2 aromatic rings. The van der Waals surface area contributed by atoms with Crippen molar-refractivity contribution >= 4 is 17.9 Å². The molecule has 0 aliphatic rings. The average Bonchev–Trinajstić information content (AvgIpc) is 2.59. The molecule has 7 heteroatoms. The summed E-state index contributed by atoms with van der Waals surface area (Å²) in [6.07, 6.45) is 0. The van der Waals surface area contributed by atoms with E-state index in [1.807, 2.05) is 35.6 Å². The van der Waals surface area contributed by atoms with Crippen LogP contribution < -0.4 is 10.6 Å². The maximum Gasteiger partial charge on any atom is 0.341 e. The molecule has 0 bridgehead atoms. The van der Waals surface area contributed by atoms with Crippen molar-refractivity contribution in [2.24, 2.45) is 0 Å². The Balaban J connectivity index is 1.74. The van der Waals surface area contributed by atoms with Crippen LogP contribution in [-0.4, -0.2) is 24.5 Å². The third-order valence-electron chi connectivity index (χ3n) is 2.98. The number of hydrogen-bond donors (Lipinski definition) is 2. The molecule has 6 nitrogen and oxygen atoms in total. The molecular formula is C17H15FN2O4. The van der Waals surface area contributed by atoms with Crippen LogP contribution >= 0.6 is 0 Å². The molecule has 0 fully saturated rings. The van der Waals surface area contributed by atoms with Crippen molar-refractivity contribution in [2.75, 3.05) is 6.61 Å². The van der Waals surface area contributed by atoms with Gasteiger partial charge in [0.15, 0.2) is 6.61 Å². The number of urea groups is 1. The van der Waals surface area contributed by atoms with Crippen LogP contribution in [0, 0.1) is 5.82 Å². The fourth-order valence-corrected chi connectivity index (χ4v) is 1.82. The number of imide groups is 1. The van der Waals surface area contributed by atoms with Crippen LogP contribution in [0.25, 0.3) is 0 Å². The summed E-state index contributed by atoms with van der Waals surface area (Å²) in [7, 11) is 0. The minimum Gasteiger partial charge on any atom is -0.452 e. The van der Waals surface area contributed by atoms with Crippen LogP contribution in [0.3, 0.4) is 0 Å². The molecule has 2 rings (SSSR count). The van der Waals surface area contributed by atoms with Crippen molar-refractivity contribution in [3.8, 4) is 0 Å². The Bertz CT molecular complexity index is 734. The van der Waals surface area contributed by atoms with E-state index in [4.69, 9.17) is 0 Å². The lowest BCUT2D eigenvalue weighted by Gasteiger charge is -2.08.